The van der Waals surface area contributed by atoms with Gasteiger partial charge in [0.15, 0.2) is 0 Å². The average molecular weight is 266 g/mol. The molecule has 0 bridgehead atoms. The van der Waals surface area contributed by atoms with Gasteiger partial charge in [0.25, 0.3) is 0 Å². The summed E-state index contributed by atoms with van der Waals surface area (Å²) in [7, 11) is 0. The number of hydrogen-bond acceptors (Lipinski definition) is 2. The van der Waals surface area contributed by atoms with Crippen LogP contribution in [0.1, 0.15) is 59.3 Å². The predicted octanol–water partition coefficient (Wildman–Crippen LogP) is 2.69. The van der Waals surface area contributed by atoms with Crippen molar-refractivity contribution in [3.05, 3.63) is 0 Å². The average Bonchev–Trinajstić information content (AvgIpc) is 2.35. The van der Waals surface area contributed by atoms with Crippen molar-refractivity contribution in [2.75, 3.05) is 0 Å². The van der Waals surface area contributed by atoms with Gasteiger partial charge in [0.05, 0.1) is 5.92 Å². The lowest BCUT2D eigenvalue weighted by molar-refractivity contribution is -0.129. The van der Waals surface area contributed by atoms with Crippen LogP contribution in [0.15, 0.2) is 0 Å². The van der Waals surface area contributed by atoms with Gasteiger partial charge in [-0.2, -0.15) is 0 Å². The molecule has 2 aliphatic rings. The number of rotatable bonds is 2. The molecule has 6 unspecified atom stereocenters. The molecule has 2 aliphatic carbocycles. The van der Waals surface area contributed by atoms with E-state index in [4.69, 9.17) is 5.73 Å². The second-order valence-electron chi connectivity index (χ2n) is 6.98. The number of amides is 1. The van der Waals surface area contributed by atoms with E-state index in [1.54, 1.807) is 0 Å². The van der Waals surface area contributed by atoms with Gasteiger partial charge in [-0.25, -0.2) is 0 Å². The molecule has 1 amide bonds. The van der Waals surface area contributed by atoms with Crippen LogP contribution in [0.5, 0.6) is 0 Å². The van der Waals surface area contributed by atoms with Crippen LogP contribution in [0.3, 0.4) is 0 Å². The van der Waals surface area contributed by atoms with Gasteiger partial charge in [-0.15, -0.1) is 0 Å². The Bertz CT molecular complexity index is 308. The van der Waals surface area contributed by atoms with E-state index in [9.17, 15) is 4.79 Å². The van der Waals surface area contributed by atoms with Gasteiger partial charge < -0.3 is 11.1 Å². The Labute approximate surface area is 117 Å². The number of nitrogens with one attached hydrogen (secondary N) is 1. The van der Waals surface area contributed by atoms with Crippen molar-refractivity contribution >= 4 is 5.91 Å². The molecule has 2 fully saturated rings. The highest BCUT2D eigenvalue weighted by Crippen LogP contribution is 2.32. The first-order valence-corrected chi connectivity index (χ1v) is 8.06. The standard InChI is InChI=1S/C16H30N2O/c1-10-6-5-9-14(12(10)3)18-16(19)15-11(2)7-4-8-13(15)17/h10-15H,4-9,17H2,1-3H3,(H,18,19). The van der Waals surface area contributed by atoms with Crippen molar-refractivity contribution < 1.29 is 4.79 Å². The zero-order valence-electron chi connectivity index (χ0n) is 12.7. The fourth-order valence-electron chi connectivity index (χ4n) is 3.97. The number of nitrogens with two attached hydrogens (primary N) is 1. The number of carbonyl (C=O) groups is 1. The quantitative estimate of drug-likeness (QED) is 0.807. The first kappa shape index (κ1) is 14.8. The fraction of sp³-hybridized carbons (Fsp3) is 0.938. The Morgan fingerprint density at radius 2 is 1.63 bits per heavy atom. The molecule has 3 nitrogen and oxygen atoms in total. The zero-order chi connectivity index (χ0) is 14.0. The van der Waals surface area contributed by atoms with Crippen LogP contribution >= 0.6 is 0 Å². The first-order chi connectivity index (χ1) is 9.00. The van der Waals surface area contributed by atoms with Crippen LogP contribution in [0, 0.1) is 23.7 Å². The largest absolute Gasteiger partial charge is 0.353 e. The van der Waals surface area contributed by atoms with Gasteiger partial charge in [-0.1, -0.05) is 40.0 Å². The monoisotopic (exact) mass is 266 g/mol. The van der Waals surface area contributed by atoms with E-state index in [2.05, 4.69) is 26.1 Å². The van der Waals surface area contributed by atoms with Crippen molar-refractivity contribution in [2.24, 2.45) is 29.4 Å². The Hall–Kier alpha value is -0.570. The van der Waals surface area contributed by atoms with Gasteiger partial charge >= 0.3 is 0 Å². The highest BCUT2D eigenvalue weighted by Gasteiger charge is 2.36. The number of hydrogen-bond donors (Lipinski definition) is 2. The molecule has 19 heavy (non-hydrogen) atoms. The smallest absolute Gasteiger partial charge is 0.225 e. The molecule has 2 saturated carbocycles. The third-order valence-electron chi connectivity index (χ3n) is 5.61. The summed E-state index contributed by atoms with van der Waals surface area (Å²) >= 11 is 0. The normalized spacial score (nSPS) is 43.8. The summed E-state index contributed by atoms with van der Waals surface area (Å²) in [5.74, 6) is 1.98. The van der Waals surface area contributed by atoms with Gasteiger partial charge in [-0.05, 0) is 37.0 Å². The maximum absolute atomic E-state index is 12.5. The second-order valence-corrected chi connectivity index (χ2v) is 6.98. The molecule has 0 aliphatic heterocycles. The highest BCUT2D eigenvalue weighted by atomic mass is 16.2. The SMILES string of the molecule is CC1CCCC(NC(=O)C2C(C)CCCC2N)C1C. The molecule has 0 heterocycles. The van der Waals surface area contributed by atoms with E-state index in [-0.39, 0.29) is 17.9 Å². The summed E-state index contributed by atoms with van der Waals surface area (Å²) in [5.41, 5.74) is 6.18. The lowest BCUT2D eigenvalue weighted by Crippen LogP contribution is -2.52. The molecule has 110 valence electrons. The molecular formula is C16H30N2O. The van der Waals surface area contributed by atoms with Crippen LogP contribution in [-0.4, -0.2) is 18.0 Å². The minimum Gasteiger partial charge on any atom is -0.353 e. The van der Waals surface area contributed by atoms with E-state index in [0.717, 1.165) is 25.2 Å². The Morgan fingerprint density at radius 3 is 2.32 bits per heavy atom. The Kier molecular flexibility index (Phi) is 4.88. The first-order valence-electron chi connectivity index (χ1n) is 8.06. The van der Waals surface area contributed by atoms with E-state index in [1.165, 1.54) is 19.3 Å². The second kappa shape index (κ2) is 6.25. The minimum absolute atomic E-state index is 0.0261. The highest BCUT2D eigenvalue weighted by molar-refractivity contribution is 5.80. The van der Waals surface area contributed by atoms with Crippen LogP contribution in [-0.2, 0) is 4.79 Å². The molecule has 2 rings (SSSR count). The van der Waals surface area contributed by atoms with Crippen molar-refractivity contribution in [3.8, 4) is 0 Å². The lowest BCUT2D eigenvalue weighted by Gasteiger charge is -2.38. The Balaban J connectivity index is 1.96. The van der Waals surface area contributed by atoms with Crippen LogP contribution in [0.25, 0.3) is 0 Å². The molecule has 0 spiro atoms. The van der Waals surface area contributed by atoms with Gasteiger partial charge in [0.1, 0.15) is 0 Å². The predicted molar refractivity (Wildman–Crippen MR) is 78.6 cm³/mol. The molecule has 0 aromatic heterocycles. The molecule has 0 saturated heterocycles. The van der Waals surface area contributed by atoms with Gasteiger partial charge in [0.2, 0.25) is 5.91 Å². The van der Waals surface area contributed by atoms with Crippen molar-refractivity contribution in [1.29, 1.82) is 0 Å². The number of carbonyl (C=O) groups excluding carboxylic acids is 1. The van der Waals surface area contributed by atoms with Crippen LogP contribution in [0.4, 0.5) is 0 Å². The van der Waals surface area contributed by atoms with Gasteiger partial charge in [0, 0.05) is 12.1 Å². The summed E-state index contributed by atoms with van der Waals surface area (Å²) in [6.45, 7) is 6.76. The molecular weight excluding hydrogens is 236 g/mol. The summed E-state index contributed by atoms with van der Waals surface area (Å²) in [4.78, 5) is 12.5. The molecule has 3 N–H and O–H groups in total. The molecule has 3 heteroatoms. The van der Waals surface area contributed by atoms with Crippen LogP contribution < -0.4 is 11.1 Å². The summed E-state index contributed by atoms with van der Waals surface area (Å²) in [6.07, 6.45) is 6.98. The topological polar surface area (TPSA) is 55.1 Å². The Morgan fingerprint density at radius 1 is 1.00 bits per heavy atom. The molecule has 0 radical (unpaired) electrons. The van der Waals surface area contributed by atoms with E-state index in [0.29, 0.717) is 17.9 Å². The third-order valence-corrected chi connectivity index (χ3v) is 5.61. The molecule has 0 aromatic rings. The summed E-state index contributed by atoms with van der Waals surface area (Å²) in [6, 6.07) is 0.414. The van der Waals surface area contributed by atoms with Crippen molar-refractivity contribution in [2.45, 2.75) is 71.4 Å². The van der Waals surface area contributed by atoms with Crippen molar-refractivity contribution in [3.63, 3.8) is 0 Å². The molecule has 0 aromatic carbocycles. The van der Waals surface area contributed by atoms with Crippen LogP contribution in [0.2, 0.25) is 0 Å². The summed E-state index contributed by atoms with van der Waals surface area (Å²) < 4.78 is 0. The third kappa shape index (κ3) is 3.31. The fourth-order valence-corrected chi connectivity index (χ4v) is 3.97. The van der Waals surface area contributed by atoms with E-state index < -0.39 is 0 Å². The molecule has 6 atom stereocenters. The van der Waals surface area contributed by atoms with E-state index >= 15 is 0 Å². The zero-order valence-corrected chi connectivity index (χ0v) is 12.7. The van der Waals surface area contributed by atoms with Crippen molar-refractivity contribution in [1.82, 2.24) is 5.32 Å². The maximum atomic E-state index is 12.5. The minimum atomic E-state index is 0.0261. The lowest BCUT2D eigenvalue weighted by atomic mass is 9.75. The maximum Gasteiger partial charge on any atom is 0.225 e. The summed E-state index contributed by atoms with van der Waals surface area (Å²) in [5, 5.41) is 3.31. The van der Waals surface area contributed by atoms with E-state index in [1.807, 2.05) is 0 Å². The van der Waals surface area contributed by atoms with Gasteiger partial charge in [-0.3, -0.25) is 4.79 Å².